The normalized spacial score (nSPS) is 14.1. The number of thioether (sulfide) groups is 1. The van der Waals surface area contributed by atoms with Crippen LogP contribution in [0.3, 0.4) is 0 Å². The first-order valence-electron chi connectivity index (χ1n) is 12.0. The number of aliphatic imine (C=N–C) groups is 1. The summed E-state index contributed by atoms with van der Waals surface area (Å²) < 4.78 is 0. The van der Waals surface area contributed by atoms with Crippen LogP contribution in [-0.4, -0.2) is 83.4 Å². The molecule has 15 heteroatoms. The molecule has 37 heavy (non-hydrogen) atoms. The molecule has 0 heterocycles. The molecule has 0 aromatic carbocycles. The first kappa shape index (κ1) is 33.9. The molecule has 0 aliphatic heterocycles. The number of nitrogens with one attached hydrogen (secondary N) is 3. The molecule has 0 aliphatic rings. The number of hydrogen-bond acceptors (Lipinski definition) is 8. The maximum atomic E-state index is 13.1. The van der Waals surface area contributed by atoms with E-state index in [0.29, 0.717) is 18.7 Å². The number of amides is 4. The molecule has 0 bridgehead atoms. The minimum atomic E-state index is -1.24. The SMILES string of the molecule is CSCCC(NC(=O)C(N)CCCN=C(N)N)C(=O)NC(CCC(N)=O)C(=O)NC(CC(C)C)C(=O)O. The summed E-state index contributed by atoms with van der Waals surface area (Å²) in [5, 5.41) is 17.0. The van der Waals surface area contributed by atoms with Gasteiger partial charge in [0.25, 0.3) is 0 Å². The summed E-state index contributed by atoms with van der Waals surface area (Å²) in [5.74, 6) is -3.48. The van der Waals surface area contributed by atoms with Gasteiger partial charge in [0, 0.05) is 13.0 Å². The number of hydrogen-bond donors (Lipinski definition) is 8. The number of carbonyl (C=O) groups excluding carboxylic acids is 4. The molecule has 0 rings (SSSR count). The highest BCUT2D eigenvalue weighted by Crippen LogP contribution is 2.08. The van der Waals surface area contributed by atoms with Crippen molar-refractivity contribution in [2.24, 2.45) is 33.8 Å². The van der Waals surface area contributed by atoms with Crippen molar-refractivity contribution >= 4 is 47.3 Å². The Balaban J connectivity index is 5.45. The van der Waals surface area contributed by atoms with Gasteiger partial charge in [-0.15, -0.1) is 0 Å². The number of nitrogens with zero attached hydrogens (tertiary/aromatic N) is 1. The highest BCUT2D eigenvalue weighted by atomic mass is 32.2. The monoisotopic (exact) mass is 546 g/mol. The lowest BCUT2D eigenvalue weighted by Gasteiger charge is -2.25. The summed E-state index contributed by atoms with van der Waals surface area (Å²) in [5.41, 5.74) is 21.7. The molecule has 0 saturated heterocycles. The van der Waals surface area contributed by atoms with Crippen molar-refractivity contribution in [2.75, 3.05) is 18.6 Å². The van der Waals surface area contributed by atoms with Gasteiger partial charge in [0.1, 0.15) is 18.1 Å². The number of nitrogens with two attached hydrogens (primary N) is 4. The number of carbonyl (C=O) groups is 5. The Hall–Kier alpha value is -3.07. The van der Waals surface area contributed by atoms with Gasteiger partial charge < -0.3 is 44.0 Å². The lowest BCUT2D eigenvalue weighted by atomic mass is 10.0. The second-order valence-corrected chi connectivity index (χ2v) is 9.98. The van der Waals surface area contributed by atoms with Crippen LogP contribution in [0.2, 0.25) is 0 Å². The summed E-state index contributed by atoms with van der Waals surface area (Å²) in [6.45, 7) is 3.91. The van der Waals surface area contributed by atoms with Gasteiger partial charge in [0.15, 0.2) is 5.96 Å². The van der Waals surface area contributed by atoms with Crippen LogP contribution in [0.1, 0.15) is 52.4 Å². The molecule has 0 fully saturated rings. The zero-order valence-corrected chi connectivity index (χ0v) is 22.5. The van der Waals surface area contributed by atoms with Crippen molar-refractivity contribution in [1.82, 2.24) is 16.0 Å². The van der Waals surface area contributed by atoms with E-state index < -0.39 is 53.8 Å². The van der Waals surface area contributed by atoms with Crippen LogP contribution in [0.25, 0.3) is 0 Å². The summed E-state index contributed by atoms with van der Waals surface area (Å²) in [4.78, 5) is 65.2. The Morgan fingerprint density at radius 2 is 1.41 bits per heavy atom. The fourth-order valence-corrected chi connectivity index (χ4v) is 3.70. The van der Waals surface area contributed by atoms with E-state index in [-0.39, 0.29) is 44.0 Å². The zero-order valence-electron chi connectivity index (χ0n) is 21.7. The number of carboxylic acids is 1. The summed E-state index contributed by atoms with van der Waals surface area (Å²) in [7, 11) is 0. The molecule has 14 nitrogen and oxygen atoms in total. The van der Waals surface area contributed by atoms with Gasteiger partial charge >= 0.3 is 5.97 Å². The largest absolute Gasteiger partial charge is 0.480 e. The number of aliphatic carboxylic acids is 1. The third-order valence-electron chi connectivity index (χ3n) is 5.18. The molecule has 0 spiro atoms. The zero-order chi connectivity index (χ0) is 28.5. The smallest absolute Gasteiger partial charge is 0.326 e. The Morgan fingerprint density at radius 3 is 1.89 bits per heavy atom. The standard InChI is InChI=1S/C22H42N8O6S/c1-12(2)11-16(21(35)36)30-19(33)14(6-7-17(24)31)29-20(34)15(8-10-37-3)28-18(32)13(23)5-4-9-27-22(25)26/h12-16H,4-11,23H2,1-3H3,(H2,24,31)(H,28,32)(H,29,34)(H,30,33)(H,35,36)(H4,25,26,27). The molecule has 12 N–H and O–H groups in total. The molecule has 0 saturated carbocycles. The molecule has 0 radical (unpaired) electrons. The lowest BCUT2D eigenvalue weighted by molar-refractivity contribution is -0.143. The summed E-state index contributed by atoms with van der Waals surface area (Å²) >= 11 is 1.45. The number of primary amides is 1. The van der Waals surface area contributed by atoms with Crippen molar-refractivity contribution in [2.45, 2.75) is 76.5 Å². The second-order valence-electron chi connectivity index (χ2n) is 8.99. The van der Waals surface area contributed by atoms with E-state index in [2.05, 4.69) is 20.9 Å². The first-order chi connectivity index (χ1) is 17.3. The number of carboxylic acid groups (broad SMARTS) is 1. The van der Waals surface area contributed by atoms with Crippen molar-refractivity contribution in [3.63, 3.8) is 0 Å². The second kappa shape index (κ2) is 18.2. The van der Waals surface area contributed by atoms with Gasteiger partial charge in [0.2, 0.25) is 23.6 Å². The molecule has 4 amide bonds. The highest BCUT2D eigenvalue weighted by molar-refractivity contribution is 7.98. The van der Waals surface area contributed by atoms with Crippen LogP contribution in [0, 0.1) is 5.92 Å². The number of guanidine groups is 1. The fourth-order valence-electron chi connectivity index (χ4n) is 3.23. The van der Waals surface area contributed by atoms with Gasteiger partial charge in [0.05, 0.1) is 6.04 Å². The van der Waals surface area contributed by atoms with E-state index in [1.807, 2.05) is 6.26 Å². The molecular weight excluding hydrogens is 504 g/mol. The average Bonchev–Trinajstić information content (AvgIpc) is 2.80. The maximum absolute atomic E-state index is 13.1. The van der Waals surface area contributed by atoms with E-state index in [1.54, 1.807) is 13.8 Å². The Bertz CT molecular complexity index is 806. The molecule has 0 aromatic heterocycles. The maximum Gasteiger partial charge on any atom is 0.326 e. The van der Waals surface area contributed by atoms with Crippen LogP contribution < -0.4 is 38.9 Å². The third-order valence-corrected chi connectivity index (χ3v) is 5.83. The van der Waals surface area contributed by atoms with E-state index in [4.69, 9.17) is 22.9 Å². The molecular formula is C22H42N8O6S. The fraction of sp³-hybridized carbons (Fsp3) is 0.727. The summed E-state index contributed by atoms with van der Waals surface area (Å²) in [6.07, 6.45) is 2.60. The quantitative estimate of drug-likeness (QED) is 0.0500. The van der Waals surface area contributed by atoms with Gasteiger partial charge in [-0.25, -0.2) is 4.79 Å². The minimum Gasteiger partial charge on any atom is -0.480 e. The third kappa shape index (κ3) is 15.6. The van der Waals surface area contributed by atoms with E-state index in [9.17, 15) is 29.1 Å². The Labute approximate surface area is 221 Å². The van der Waals surface area contributed by atoms with Crippen LogP contribution in [0.4, 0.5) is 0 Å². The molecule has 4 unspecified atom stereocenters. The first-order valence-corrected chi connectivity index (χ1v) is 13.4. The predicted octanol–water partition coefficient (Wildman–Crippen LogP) is -2.03. The topological polar surface area (TPSA) is 258 Å². The van der Waals surface area contributed by atoms with Gasteiger partial charge in [-0.1, -0.05) is 13.8 Å². The average molecular weight is 547 g/mol. The van der Waals surface area contributed by atoms with E-state index in [0.717, 1.165) is 0 Å². The Morgan fingerprint density at radius 1 is 0.865 bits per heavy atom. The Kier molecular flexibility index (Phi) is 16.7. The van der Waals surface area contributed by atoms with Gasteiger partial charge in [-0.3, -0.25) is 24.2 Å². The predicted molar refractivity (Wildman–Crippen MR) is 142 cm³/mol. The van der Waals surface area contributed by atoms with Gasteiger partial charge in [-0.2, -0.15) is 11.8 Å². The lowest BCUT2D eigenvalue weighted by Crippen LogP contribution is -2.57. The summed E-state index contributed by atoms with van der Waals surface area (Å²) in [6, 6.07) is -4.35. The van der Waals surface area contributed by atoms with Crippen molar-refractivity contribution in [1.29, 1.82) is 0 Å². The van der Waals surface area contributed by atoms with E-state index >= 15 is 0 Å². The van der Waals surface area contributed by atoms with Crippen LogP contribution >= 0.6 is 11.8 Å². The van der Waals surface area contributed by atoms with Crippen LogP contribution in [0.15, 0.2) is 4.99 Å². The molecule has 0 aromatic rings. The van der Waals surface area contributed by atoms with Gasteiger partial charge in [-0.05, 0) is 50.0 Å². The van der Waals surface area contributed by atoms with Crippen LogP contribution in [-0.2, 0) is 24.0 Å². The van der Waals surface area contributed by atoms with Crippen LogP contribution in [0.5, 0.6) is 0 Å². The highest BCUT2D eigenvalue weighted by Gasteiger charge is 2.30. The number of rotatable bonds is 19. The molecule has 212 valence electrons. The van der Waals surface area contributed by atoms with E-state index in [1.165, 1.54) is 11.8 Å². The van der Waals surface area contributed by atoms with Crippen molar-refractivity contribution in [3.05, 3.63) is 0 Å². The van der Waals surface area contributed by atoms with Crippen molar-refractivity contribution in [3.8, 4) is 0 Å². The van der Waals surface area contributed by atoms with Crippen molar-refractivity contribution < 1.29 is 29.1 Å². The minimum absolute atomic E-state index is 0.0186. The molecule has 0 aliphatic carbocycles. The molecule has 4 atom stereocenters.